The number of hydrogen-bond acceptors (Lipinski definition) is 1. The number of hydrogen-bond donors (Lipinski definition) is 1. The van der Waals surface area contributed by atoms with E-state index in [4.69, 9.17) is 0 Å². The summed E-state index contributed by atoms with van der Waals surface area (Å²) in [6, 6.07) is 0. The maximum absolute atomic E-state index is 10.1. The molecule has 0 aliphatic heterocycles. The lowest BCUT2D eigenvalue weighted by Crippen LogP contribution is -2.57. The standard InChI is InChI=1S/C20H32O/c1-17-9-5-16-19(3)8-4-7-18(2,14-21)15(19)6-10-20(16,13-17)12-11-17/h11-12,15-16,21H,4-10,13-14H2,1-3H3/t15-,16+,17-,18-,19-,20+/m0/s1. The van der Waals surface area contributed by atoms with E-state index in [0.717, 1.165) is 11.8 Å². The maximum atomic E-state index is 10.1. The van der Waals surface area contributed by atoms with E-state index in [1.165, 1.54) is 51.4 Å². The zero-order chi connectivity index (χ0) is 14.9. The van der Waals surface area contributed by atoms with Gasteiger partial charge in [-0.25, -0.2) is 0 Å². The van der Waals surface area contributed by atoms with E-state index in [0.29, 0.717) is 22.9 Å². The van der Waals surface area contributed by atoms with Crippen LogP contribution in [0.1, 0.15) is 72.1 Å². The fourth-order valence-corrected chi connectivity index (χ4v) is 7.46. The Morgan fingerprint density at radius 2 is 1.71 bits per heavy atom. The summed E-state index contributed by atoms with van der Waals surface area (Å²) in [5.74, 6) is 1.60. The molecule has 0 amide bonds. The second kappa shape index (κ2) is 4.16. The fourth-order valence-electron chi connectivity index (χ4n) is 7.46. The van der Waals surface area contributed by atoms with Crippen molar-refractivity contribution in [3.63, 3.8) is 0 Å². The van der Waals surface area contributed by atoms with Crippen LogP contribution in [0.15, 0.2) is 12.2 Å². The van der Waals surface area contributed by atoms with Crippen LogP contribution in [-0.2, 0) is 0 Å². The minimum absolute atomic E-state index is 0.178. The Balaban J connectivity index is 1.74. The van der Waals surface area contributed by atoms with Crippen molar-refractivity contribution < 1.29 is 5.11 Å². The molecule has 0 saturated heterocycles. The van der Waals surface area contributed by atoms with Gasteiger partial charge in [-0.2, -0.15) is 0 Å². The van der Waals surface area contributed by atoms with Gasteiger partial charge in [-0.15, -0.1) is 0 Å². The summed E-state index contributed by atoms with van der Waals surface area (Å²) in [5.41, 5.74) is 1.64. The van der Waals surface area contributed by atoms with E-state index in [9.17, 15) is 5.11 Å². The van der Waals surface area contributed by atoms with Crippen LogP contribution in [-0.4, -0.2) is 11.7 Å². The number of rotatable bonds is 1. The van der Waals surface area contributed by atoms with Gasteiger partial charge in [-0.1, -0.05) is 39.3 Å². The van der Waals surface area contributed by atoms with Gasteiger partial charge in [-0.05, 0) is 78.4 Å². The normalized spacial score (nSPS) is 58.7. The molecule has 2 bridgehead atoms. The number of aliphatic hydroxyl groups excluding tert-OH is 1. The molecular formula is C20H32O. The first-order valence-corrected chi connectivity index (χ1v) is 9.17. The summed E-state index contributed by atoms with van der Waals surface area (Å²) in [4.78, 5) is 0. The van der Waals surface area contributed by atoms with Crippen molar-refractivity contribution in [1.29, 1.82) is 0 Å². The SMILES string of the molecule is C[C@@]12C=C[C@]3(CC[C@H]4[C@](C)(CO)CCC[C@]4(C)[C@H]3CC1)C2. The first kappa shape index (κ1) is 14.3. The molecule has 0 aromatic rings. The van der Waals surface area contributed by atoms with Gasteiger partial charge in [0.25, 0.3) is 0 Å². The summed E-state index contributed by atoms with van der Waals surface area (Å²) in [6.07, 6.45) is 16.1. The van der Waals surface area contributed by atoms with Crippen LogP contribution in [0.5, 0.6) is 0 Å². The lowest BCUT2D eigenvalue weighted by molar-refractivity contribution is -0.154. The van der Waals surface area contributed by atoms with E-state index >= 15 is 0 Å². The van der Waals surface area contributed by atoms with Crippen molar-refractivity contribution in [1.82, 2.24) is 0 Å². The van der Waals surface area contributed by atoms with E-state index in [-0.39, 0.29) is 5.41 Å². The highest BCUT2D eigenvalue weighted by Crippen LogP contribution is 2.71. The van der Waals surface area contributed by atoms with Crippen LogP contribution >= 0.6 is 0 Å². The summed E-state index contributed by atoms with van der Waals surface area (Å²) in [6.45, 7) is 7.82. The summed E-state index contributed by atoms with van der Waals surface area (Å²) in [5, 5.41) is 10.1. The number of aliphatic hydroxyl groups is 1. The second-order valence-corrected chi connectivity index (χ2v) is 9.75. The molecule has 4 aliphatic carbocycles. The molecule has 3 saturated carbocycles. The molecule has 1 N–H and O–H groups in total. The quantitative estimate of drug-likeness (QED) is 0.677. The number of fused-ring (bicyclic) bond motifs is 3. The van der Waals surface area contributed by atoms with Crippen molar-refractivity contribution >= 4 is 0 Å². The highest BCUT2D eigenvalue weighted by Gasteiger charge is 2.63. The Kier molecular flexibility index (Phi) is 2.83. The summed E-state index contributed by atoms with van der Waals surface area (Å²) < 4.78 is 0. The Hall–Kier alpha value is -0.300. The first-order valence-electron chi connectivity index (χ1n) is 9.17. The molecular weight excluding hydrogens is 256 g/mol. The number of allylic oxidation sites excluding steroid dienone is 2. The molecule has 4 rings (SSSR count). The van der Waals surface area contributed by atoms with Crippen molar-refractivity contribution in [2.24, 2.45) is 33.5 Å². The van der Waals surface area contributed by atoms with E-state index in [2.05, 4.69) is 32.9 Å². The molecule has 0 radical (unpaired) electrons. The van der Waals surface area contributed by atoms with Gasteiger partial charge in [0.05, 0.1) is 0 Å². The predicted molar refractivity (Wildman–Crippen MR) is 86.9 cm³/mol. The van der Waals surface area contributed by atoms with Crippen LogP contribution in [0.2, 0.25) is 0 Å². The average Bonchev–Trinajstić information content (AvgIpc) is 2.69. The summed E-state index contributed by atoms with van der Waals surface area (Å²) in [7, 11) is 0. The zero-order valence-corrected chi connectivity index (χ0v) is 14.1. The molecule has 6 atom stereocenters. The highest BCUT2D eigenvalue weighted by molar-refractivity contribution is 5.25. The Labute approximate surface area is 130 Å². The maximum Gasteiger partial charge on any atom is 0.0487 e. The Morgan fingerprint density at radius 1 is 0.952 bits per heavy atom. The predicted octanol–water partition coefficient (Wildman–Crippen LogP) is 4.95. The zero-order valence-electron chi connectivity index (χ0n) is 14.1. The smallest absolute Gasteiger partial charge is 0.0487 e. The minimum atomic E-state index is 0.178. The van der Waals surface area contributed by atoms with Crippen molar-refractivity contribution in [3.05, 3.63) is 12.2 Å². The van der Waals surface area contributed by atoms with Crippen molar-refractivity contribution in [3.8, 4) is 0 Å². The molecule has 4 aliphatic rings. The third-order valence-electron chi connectivity index (χ3n) is 8.41. The van der Waals surface area contributed by atoms with Gasteiger partial charge in [0, 0.05) is 6.61 Å². The van der Waals surface area contributed by atoms with Crippen LogP contribution in [0.25, 0.3) is 0 Å². The van der Waals surface area contributed by atoms with E-state index in [1.54, 1.807) is 0 Å². The van der Waals surface area contributed by atoms with E-state index < -0.39 is 0 Å². The second-order valence-electron chi connectivity index (χ2n) is 9.75. The third-order valence-corrected chi connectivity index (χ3v) is 8.41. The van der Waals surface area contributed by atoms with E-state index in [1.807, 2.05) is 0 Å². The topological polar surface area (TPSA) is 20.2 Å². The molecule has 3 fully saturated rings. The lowest BCUT2D eigenvalue weighted by Gasteiger charge is -2.64. The first-order chi connectivity index (χ1) is 9.86. The fraction of sp³-hybridized carbons (Fsp3) is 0.900. The van der Waals surface area contributed by atoms with Gasteiger partial charge < -0.3 is 5.11 Å². The molecule has 0 unspecified atom stereocenters. The highest BCUT2D eigenvalue weighted by atomic mass is 16.3. The largest absolute Gasteiger partial charge is 0.396 e. The average molecular weight is 288 g/mol. The van der Waals surface area contributed by atoms with Crippen LogP contribution in [0, 0.1) is 33.5 Å². The van der Waals surface area contributed by atoms with Crippen LogP contribution in [0.3, 0.4) is 0 Å². The monoisotopic (exact) mass is 288 g/mol. The third kappa shape index (κ3) is 1.73. The molecule has 118 valence electrons. The lowest BCUT2D eigenvalue weighted by atomic mass is 9.40. The Bertz CT molecular complexity index is 482. The van der Waals surface area contributed by atoms with Gasteiger partial charge in [0.1, 0.15) is 0 Å². The molecule has 0 aromatic carbocycles. The van der Waals surface area contributed by atoms with Crippen LogP contribution in [0.4, 0.5) is 0 Å². The van der Waals surface area contributed by atoms with Gasteiger partial charge >= 0.3 is 0 Å². The van der Waals surface area contributed by atoms with Crippen LogP contribution < -0.4 is 0 Å². The Morgan fingerprint density at radius 3 is 2.48 bits per heavy atom. The van der Waals surface area contributed by atoms with Gasteiger partial charge in [-0.3, -0.25) is 0 Å². The minimum Gasteiger partial charge on any atom is -0.396 e. The molecule has 1 nitrogen and oxygen atoms in total. The van der Waals surface area contributed by atoms with Gasteiger partial charge in [0.15, 0.2) is 0 Å². The molecule has 0 aromatic heterocycles. The van der Waals surface area contributed by atoms with Gasteiger partial charge in [0.2, 0.25) is 0 Å². The van der Waals surface area contributed by atoms with Crippen molar-refractivity contribution in [2.45, 2.75) is 72.1 Å². The molecule has 21 heavy (non-hydrogen) atoms. The summed E-state index contributed by atoms with van der Waals surface area (Å²) >= 11 is 0. The molecule has 0 heterocycles. The molecule has 1 heteroatoms. The molecule has 1 spiro atoms. The van der Waals surface area contributed by atoms with Crippen molar-refractivity contribution in [2.75, 3.05) is 6.61 Å².